The molecule has 0 radical (unpaired) electrons. The van der Waals surface area contributed by atoms with E-state index < -0.39 is 11.5 Å². The van der Waals surface area contributed by atoms with E-state index in [1.165, 1.54) is 11.8 Å². The van der Waals surface area contributed by atoms with Gasteiger partial charge >= 0.3 is 5.97 Å². The van der Waals surface area contributed by atoms with Crippen molar-refractivity contribution in [3.8, 4) is 0 Å². The van der Waals surface area contributed by atoms with Crippen molar-refractivity contribution in [1.82, 2.24) is 9.78 Å². The van der Waals surface area contributed by atoms with Crippen molar-refractivity contribution in [2.75, 3.05) is 13.7 Å². The molecule has 6 heteroatoms. The second kappa shape index (κ2) is 4.63. The molecular weight excluding hydrogens is 210 g/mol. The number of aromatic nitrogens is 2. The van der Waals surface area contributed by atoms with Crippen molar-refractivity contribution in [3.63, 3.8) is 0 Å². The van der Waals surface area contributed by atoms with E-state index in [1.807, 2.05) is 0 Å². The average molecular weight is 227 g/mol. The van der Waals surface area contributed by atoms with Gasteiger partial charge in [-0.25, -0.2) is 4.79 Å². The number of carbonyl (C=O) groups is 1. The van der Waals surface area contributed by atoms with E-state index in [1.54, 1.807) is 20.2 Å². The lowest BCUT2D eigenvalue weighted by molar-refractivity contribution is 0.0591. The van der Waals surface area contributed by atoms with E-state index in [-0.39, 0.29) is 12.3 Å². The fourth-order valence-corrected chi connectivity index (χ4v) is 1.43. The molecule has 1 atom stereocenters. The standard InChI is InChI=1S/C10H17N3O3/c1-10(11,6-14)4-7-5-13(2)12-8(7)9(15)16-3/h5,14H,4,6,11H2,1-3H3. The molecule has 1 unspecified atom stereocenters. The number of ether oxygens (including phenoxy) is 1. The predicted molar refractivity (Wildman–Crippen MR) is 57.9 cm³/mol. The maximum absolute atomic E-state index is 11.4. The van der Waals surface area contributed by atoms with E-state index in [9.17, 15) is 4.79 Å². The fourth-order valence-electron chi connectivity index (χ4n) is 1.43. The van der Waals surface area contributed by atoms with Crippen molar-refractivity contribution in [2.45, 2.75) is 18.9 Å². The first kappa shape index (κ1) is 12.7. The number of aliphatic hydroxyl groups is 1. The molecule has 16 heavy (non-hydrogen) atoms. The largest absolute Gasteiger partial charge is 0.464 e. The summed E-state index contributed by atoms with van der Waals surface area (Å²) < 4.78 is 6.14. The first-order chi connectivity index (χ1) is 7.39. The lowest BCUT2D eigenvalue weighted by atomic mass is 9.95. The van der Waals surface area contributed by atoms with Crippen LogP contribution in [0.3, 0.4) is 0 Å². The molecule has 0 amide bonds. The first-order valence-electron chi connectivity index (χ1n) is 4.90. The molecule has 0 bridgehead atoms. The van der Waals surface area contributed by atoms with Crippen LogP contribution in [0.25, 0.3) is 0 Å². The number of hydrogen-bond acceptors (Lipinski definition) is 5. The third-order valence-electron chi connectivity index (χ3n) is 2.24. The maximum atomic E-state index is 11.4. The molecule has 1 rings (SSSR count). The quantitative estimate of drug-likeness (QED) is 0.674. The van der Waals surface area contributed by atoms with Crippen LogP contribution in [0.2, 0.25) is 0 Å². The molecule has 0 aromatic carbocycles. The van der Waals surface area contributed by atoms with Gasteiger partial charge in [0.2, 0.25) is 0 Å². The van der Waals surface area contributed by atoms with Crippen molar-refractivity contribution >= 4 is 5.97 Å². The normalized spacial score (nSPS) is 14.6. The topological polar surface area (TPSA) is 90.4 Å². The van der Waals surface area contributed by atoms with Crippen molar-refractivity contribution in [2.24, 2.45) is 12.8 Å². The van der Waals surface area contributed by atoms with Gasteiger partial charge in [0, 0.05) is 24.3 Å². The summed E-state index contributed by atoms with van der Waals surface area (Å²) in [4.78, 5) is 11.4. The van der Waals surface area contributed by atoms with Gasteiger partial charge in [-0.05, 0) is 13.3 Å². The Balaban J connectivity index is 3.00. The van der Waals surface area contributed by atoms with Gasteiger partial charge in [0.05, 0.1) is 13.7 Å². The number of nitrogens with two attached hydrogens (primary N) is 1. The minimum atomic E-state index is -0.772. The van der Waals surface area contributed by atoms with Crippen molar-refractivity contribution in [1.29, 1.82) is 0 Å². The Hall–Kier alpha value is -1.40. The van der Waals surface area contributed by atoms with Crippen LogP contribution in [0, 0.1) is 0 Å². The molecule has 1 aromatic heterocycles. The Kier molecular flexibility index (Phi) is 3.66. The summed E-state index contributed by atoms with van der Waals surface area (Å²) >= 11 is 0. The Labute approximate surface area is 94.0 Å². The molecule has 3 N–H and O–H groups in total. The molecule has 0 spiro atoms. The monoisotopic (exact) mass is 227 g/mol. The van der Waals surface area contributed by atoms with Crippen LogP contribution in [0.1, 0.15) is 23.0 Å². The van der Waals surface area contributed by atoms with Crippen LogP contribution in [-0.2, 0) is 18.2 Å². The number of aryl methyl sites for hydroxylation is 1. The maximum Gasteiger partial charge on any atom is 0.358 e. The molecule has 0 saturated heterocycles. The Morgan fingerprint density at radius 3 is 2.88 bits per heavy atom. The zero-order valence-corrected chi connectivity index (χ0v) is 9.73. The van der Waals surface area contributed by atoms with Gasteiger partial charge in [0.25, 0.3) is 0 Å². The minimum Gasteiger partial charge on any atom is -0.464 e. The summed E-state index contributed by atoms with van der Waals surface area (Å²) in [5.41, 5.74) is 5.98. The molecular formula is C10H17N3O3. The zero-order valence-electron chi connectivity index (χ0n) is 9.73. The lowest BCUT2D eigenvalue weighted by Gasteiger charge is -2.20. The number of rotatable bonds is 4. The second-order valence-corrected chi connectivity index (χ2v) is 4.16. The SMILES string of the molecule is COC(=O)c1nn(C)cc1CC(C)(N)CO. The molecule has 0 fully saturated rings. The Morgan fingerprint density at radius 1 is 1.75 bits per heavy atom. The molecule has 6 nitrogen and oxygen atoms in total. The number of esters is 1. The molecule has 0 saturated carbocycles. The van der Waals surface area contributed by atoms with Crippen LogP contribution in [0.5, 0.6) is 0 Å². The summed E-state index contributed by atoms with van der Waals surface area (Å²) in [5.74, 6) is -0.496. The van der Waals surface area contributed by atoms with Gasteiger partial charge in [0.1, 0.15) is 0 Å². The predicted octanol–water partition coefficient (Wildman–Crippen LogP) is -0.541. The van der Waals surface area contributed by atoms with Gasteiger partial charge in [0.15, 0.2) is 5.69 Å². The highest BCUT2D eigenvalue weighted by Gasteiger charge is 2.24. The molecule has 1 heterocycles. The Morgan fingerprint density at radius 2 is 2.38 bits per heavy atom. The third-order valence-corrected chi connectivity index (χ3v) is 2.24. The number of methoxy groups -OCH3 is 1. The van der Waals surface area contributed by atoms with Gasteiger partial charge in [-0.2, -0.15) is 5.10 Å². The van der Waals surface area contributed by atoms with E-state index in [0.29, 0.717) is 12.0 Å². The van der Waals surface area contributed by atoms with Gasteiger partial charge in [-0.3, -0.25) is 4.68 Å². The highest BCUT2D eigenvalue weighted by atomic mass is 16.5. The molecule has 0 aliphatic carbocycles. The summed E-state index contributed by atoms with van der Waals surface area (Å²) in [6.07, 6.45) is 2.06. The van der Waals surface area contributed by atoms with Crippen LogP contribution < -0.4 is 5.73 Å². The van der Waals surface area contributed by atoms with E-state index in [2.05, 4.69) is 9.84 Å². The third kappa shape index (κ3) is 2.80. The van der Waals surface area contributed by atoms with Gasteiger partial charge in [-0.1, -0.05) is 0 Å². The summed E-state index contributed by atoms with van der Waals surface area (Å²) in [7, 11) is 3.01. The fraction of sp³-hybridized carbons (Fsp3) is 0.600. The number of nitrogens with zero attached hydrogens (tertiary/aromatic N) is 2. The van der Waals surface area contributed by atoms with Crippen LogP contribution >= 0.6 is 0 Å². The average Bonchev–Trinajstić information content (AvgIpc) is 2.57. The zero-order chi connectivity index (χ0) is 12.3. The Bertz CT molecular complexity index is 385. The lowest BCUT2D eigenvalue weighted by Crippen LogP contribution is -2.42. The first-order valence-corrected chi connectivity index (χ1v) is 4.90. The van der Waals surface area contributed by atoms with E-state index in [4.69, 9.17) is 10.8 Å². The summed E-state index contributed by atoms with van der Waals surface area (Å²) in [5, 5.41) is 13.1. The molecule has 90 valence electrons. The molecule has 0 aliphatic rings. The summed E-state index contributed by atoms with van der Waals surface area (Å²) in [6, 6.07) is 0. The van der Waals surface area contributed by atoms with Crippen LogP contribution in [0.15, 0.2) is 6.20 Å². The smallest absolute Gasteiger partial charge is 0.358 e. The van der Waals surface area contributed by atoms with Crippen molar-refractivity contribution < 1.29 is 14.6 Å². The highest BCUT2D eigenvalue weighted by Crippen LogP contribution is 2.14. The van der Waals surface area contributed by atoms with Gasteiger partial charge < -0.3 is 15.6 Å². The second-order valence-electron chi connectivity index (χ2n) is 4.16. The van der Waals surface area contributed by atoms with Crippen LogP contribution in [0.4, 0.5) is 0 Å². The van der Waals surface area contributed by atoms with Crippen molar-refractivity contribution in [3.05, 3.63) is 17.5 Å². The van der Waals surface area contributed by atoms with E-state index >= 15 is 0 Å². The van der Waals surface area contributed by atoms with Gasteiger partial charge in [-0.15, -0.1) is 0 Å². The summed E-state index contributed by atoms with van der Waals surface area (Å²) in [6.45, 7) is 1.55. The number of carbonyl (C=O) groups excluding carboxylic acids is 1. The molecule has 1 aromatic rings. The van der Waals surface area contributed by atoms with E-state index in [0.717, 1.165) is 0 Å². The highest BCUT2D eigenvalue weighted by molar-refractivity contribution is 5.88. The van der Waals surface area contributed by atoms with Crippen LogP contribution in [-0.4, -0.2) is 40.1 Å². The minimum absolute atomic E-state index is 0.164. The number of hydrogen-bond donors (Lipinski definition) is 2. The molecule has 0 aliphatic heterocycles. The number of aliphatic hydroxyl groups excluding tert-OH is 1.